The van der Waals surface area contributed by atoms with Gasteiger partial charge in [0, 0.05) is 45.9 Å². The van der Waals surface area contributed by atoms with E-state index in [4.69, 9.17) is 14.2 Å². The number of nitrogens with one attached hydrogen (secondary N) is 1. The normalized spacial score (nSPS) is 21.2. The molecule has 0 spiro atoms. The highest BCUT2D eigenvalue weighted by Crippen LogP contribution is 2.28. The van der Waals surface area contributed by atoms with Gasteiger partial charge in [-0.2, -0.15) is 0 Å². The van der Waals surface area contributed by atoms with Gasteiger partial charge in [-0.05, 0) is 30.5 Å². The number of hydrogen-bond donors (Lipinski definition) is 1. The lowest BCUT2D eigenvalue weighted by atomic mass is 10.1. The standard InChI is InChI=1S/C20H31N3O4/c1-25-18-6-5-16(12-19(18)26-2)14-22-7-9-23(10-8-22)15-20(24)21-13-17-4-3-11-27-17/h5-6,12,17H,3-4,7-11,13-15H2,1-2H3,(H,21,24)/t17-/m0/s1. The fourth-order valence-corrected chi connectivity index (χ4v) is 3.63. The SMILES string of the molecule is COc1ccc(CN2CCN(CC(=O)NC[C@@H]3CCCO3)CC2)cc1OC. The lowest BCUT2D eigenvalue weighted by molar-refractivity contribution is -0.123. The van der Waals surface area contributed by atoms with Crippen LogP contribution >= 0.6 is 0 Å². The monoisotopic (exact) mass is 377 g/mol. The van der Waals surface area contributed by atoms with Gasteiger partial charge in [-0.3, -0.25) is 14.6 Å². The molecule has 0 saturated carbocycles. The molecule has 7 heteroatoms. The molecule has 0 aliphatic carbocycles. The fraction of sp³-hybridized carbons (Fsp3) is 0.650. The van der Waals surface area contributed by atoms with Crippen molar-refractivity contribution in [2.75, 3.05) is 60.1 Å². The van der Waals surface area contributed by atoms with Crippen LogP contribution in [-0.2, 0) is 16.1 Å². The maximum Gasteiger partial charge on any atom is 0.234 e. The van der Waals surface area contributed by atoms with Crippen LogP contribution < -0.4 is 14.8 Å². The topological polar surface area (TPSA) is 63.3 Å². The molecule has 1 amide bonds. The second-order valence-corrected chi connectivity index (χ2v) is 7.18. The zero-order chi connectivity index (χ0) is 19.1. The zero-order valence-corrected chi connectivity index (χ0v) is 16.4. The average Bonchev–Trinajstić information content (AvgIpc) is 3.21. The van der Waals surface area contributed by atoms with Crippen molar-refractivity contribution in [3.8, 4) is 11.5 Å². The van der Waals surface area contributed by atoms with Crippen LogP contribution in [-0.4, -0.2) is 81.9 Å². The van der Waals surface area contributed by atoms with Gasteiger partial charge in [0.05, 0.1) is 26.9 Å². The van der Waals surface area contributed by atoms with E-state index in [-0.39, 0.29) is 12.0 Å². The highest BCUT2D eigenvalue weighted by atomic mass is 16.5. The Morgan fingerprint density at radius 3 is 2.56 bits per heavy atom. The summed E-state index contributed by atoms with van der Waals surface area (Å²) in [7, 11) is 3.30. The predicted molar refractivity (Wildman–Crippen MR) is 103 cm³/mol. The van der Waals surface area contributed by atoms with E-state index in [1.807, 2.05) is 12.1 Å². The summed E-state index contributed by atoms with van der Waals surface area (Å²) in [5.41, 5.74) is 1.20. The molecule has 2 fully saturated rings. The van der Waals surface area contributed by atoms with E-state index in [0.29, 0.717) is 13.1 Å². The van der Waals surface area contributed by atoms with Gasteiger partial charge < -0.3 is 19.5 Å². The summed E-state index contributed by atoms with van der Waals surface area (Å²) in [5, 5.41) is 3.00. The van der Waals surface area contributed by atoms with Crippen molar-refractivity contribution in [1.29, 1.82) is 0 Å². The summed E-state index contributed by atoms with van der Waals surface area (Å²) in [6.07, 6.45) is 2.35. The second-order valence-electron chi connectivity index (χ2n) is 7.18. The van der Waals surface area contributed by atoms with Crippen LogP contribution in [0.5, 0.6) is 11.5 Å². The maximum atomic E-state index is 12.1. The number of rotatable bonds is 8. The Balaban J connectivity index is 1.39. The Morgan fingerprint density at radius 1 is 1.15 bits per heavy atom. The molecule has 3 rings (SSSR count). The predicted octanol–water partition coefficient (Wildman–Crippen LogP) is 1.12. The molecule has 0 aromatic heterocycles. The van der Waals surface area contributed by atoms with E-state index in [9.17, 15) is 4.79 Å². The molecule has 1 N–H and O–H groups in total. The number of carbonyl (C=O) groups is 1. The zero-order valence-electron chi connectivity index (χ0n) is 16.4. The lowest BCUT2D eigenvalue weighted by Gasteiger charge is -2.34. The molecule has 1 aromatic carbocycles. The van der Waals surface area contributed by atoms with Crippen LogP contribution in [0.25, 0.3) is 0 Å². The number of benzene rings is 1. The molecule has 1 aromatic rings. The summed E-state index contributed by atoms with van der Waals surface area (Å²) < 4.78 is 16.2. The van der Waals surface area contributed by atoms with Crippen molar-refractivity contribution in [2.45, 2.75) is 25.5 Å². The van der Waals surface area contributed by atoms with E-state index in [1.165, 1.54) is 5.56 Å². The molecule has 0 unspecified atom stereocenters. The van der Waals surface area contributed by atoms with Crippen molar-refractivity contribution in [3.63, 3.8) is 0 Å². The molecule has 2 aliphatic heterocycles. The average molecular weight is 377 g/mol. The molecule has 0 radical (unpaired) electrons. The minimum atomic E-state index is 0.0961. The molecule has 27 heavy (non-hydrogen) atoms. The molecule has 2 aliphatic rings. The van der Waals surface area contributed by atoms with Crippen molar-refractivity contribution in [1.82, 2.24) is 15.1 Å². The third-order valence-electron chi connectivity index (χ3n) is 5.24. The molecular formula is C20H31N3O4. The minimum absolute atomic E-state index is 0.0961. The van der Waals surface area contributed by atoms with Gasteiger partial charge in [-0.15, -0.1) is 0 Å². The van der Waals surface area contributed by atoms with E-state index >= 15 is 0 Å². The number of ether oxygens (including phenoxy) is 3. The summed E-state index contributed by atoms with van der Waals surface area (Å²) >= 11 is 0. The van der Waals surface area contributed by atoms with Crippen molar-refractivity contribution >= 4 is 5.91 Å². The number of piperazine rings is 1. The van der Waals surface area contributed by atoms with Gasteiger partial charge in [0.1, 0.15) is 0 Å². The highest BCUT2D eigenvalue weighted by Gasteiger charge is 2.21. The van der Waals surface area contributed by atoms with Crippen LogP contribution in [0.4, 0.5) is 0 Å². The number of carbonyl (C=O) groups excluding carboxylic acids is 1. The first-order valence-corrected chi connectivity index (χ1v) is 9.72. The number of methoxy groups -OCH3 is 2. The Hall–Kier alpha value is -1.83. The van der Waals surface area contributed by atoms with E-state index < -0.39 is 0 Å². The van der Waals surface area contributed by atoms with Crippen LogP contribution in [0.3, 0.4) is 0 Å². The molecular weight excluding hydrogens is 346 g/mol. The minimum Gasteiger partial charge on any atom is -0.493 e. The van der Waals surface area contributed by atoms with Gasteiger partial charge in [0.2, 0.25) is 5.91 Å². The molecule has 7 nitrogen and oxygen atoms in total. The van der Waals surface area contributed by atoms with E-state index in [1.54, 1.807) is 14.2 Å². The van der Waals surface area contributed by atoms with E-state index in [2.05, 4.69) is 21.2 Å². The number of amides is 1. The summed E-state index contributed by atoms with van der Waals surface area (Å²) in [4.78, 5) is 16.7. The van der Waals surface area contributed by atoms with E-state index in [0.717, 1.165) is 63.7 Å². The molecule has 2 saturated heterocycles. The van der Waals surface area contributed by atoms with Gasteiger partial charge in [-0.25, -0.2) is 0 Å². The Morgan fingerprint density at radius 2 is 1.89 bits per heavy atom. The third-order valence-corrected chi connectivity index (χ3v) is 5.24. The van der Waals surface area contributed by atoms with Gasteiger partial charge >= 0.3 is 0 Å². The van der Waals surface area contributed by atoms with Crippen molar-refractivity contribution < 1.29 is 19.0 Å². The smallest absolute Gasteiger partial charge is 0.234 e. The van der Waals surface area contributed by atoms with Crippen LogP contribution in [0.1, 0.15) is 18.4 Å². The number of nitrogens with zero attached hydrogens (tertiary/aromatic N) is 2. The van der Waals surface area contributed by atoms with Crippen LogP contribution in [0.2, 0.25) is 0 Å². The number of hydrogen-bond acceptors (Lipinski definition) is 6. The molecule has 0 bridgehead atoms. The second kappa shape index (κ2) is 9.92. The molecule has 150 valence electrons. The Bertz CT molecular complexity index is 611. The maximum absolute atomic E-state index is 12.1. The highest BCUT2D eigenvalue weighted by molar-refractivity contribution is 5.78. The lowest BCUT2D eigenvalue weighted by Crippen LogP contribution is -2.49. The van der Waals surface area contributed by atoms with Gasteiger partial charge in [-0.1, -0.05) is 6.07 Å². The molecule has 2 heterocycles. The first-order valence-electron chi connectivity index (χ1n) is 9.72. The Labute approximate surface area is 161 Å². The van der Waals surface area contributed by atoms with Gasteiger partial charge in [0.25, 0.3) is 0 Å². The summed E-state index contributed by atoms with van der Waals surface area (Å²) in [6.45, 7) is 6.51. The third kappa shape index (κ3) is 5.82. The fourth-order valence-electron chi connectivity index (χ4n) is 3.63. The Kier molecular flexibility index (Phi) is 7.32. The largest absolute Gasteiger partial charge is 0.493 e. The quantitative estimate of drug-likeness (QED) is 0.733. The molecule has 1 atom stereocenters. The first kappa shape index (κ1) is 19.9. The first-order chi connectivity index (χ1) is 13.2. The van der Waals surface area contributed by atoms with Crippen molar-refractivity contribution in [2.24, 2.45) is 0 Å². The van der Waals surface area contributed by atoms with Crippen LogP contribution in [0.15, 0.2) is 18.2 Å². The van der Waals surface area contributed by atoms with Crippen LogP contribution in [0, 0.1) is 0 Å². The van der Waals surface area contributed by atoms with Crippen molar-refractivity contribution in [3.05, 3.63) is 23.8 Å². The summed E-state index contributed by atoms with van der Waals surface area (Å²) in [5.74, 6) is 1.61. The summed E-state index contributed by atoms with van der Waals surface area (Å²) in [6, 6.07) is 6.05. The van der Waals surface area contributed by atoms with Gasteiger partial charge in [0.15, 0.2) is 11.5 Å².